The molecular formula is C24H27N3O5. The van der Waals surface area contributed by atoms with Crippen molar-refractivity contribution in [2.45, 2.75) is 39.2 Å². The number of carbonyl (C=O) groups is 2. The van der Waals surface area contributed by atoms with Crippen molar-refractivity contribution in [3.05, 3.63) is 65.0 Å². The second-order valence-electron chi connectivity index (χ2n) is 7.59. The molecule has 0 aliphatic rings. The van der Waals surface area contributed by atoms with Crippen LogP contribution in [0.2, 0.25) is 0 Å². The first-order chi connectivity index (χ1) is 15.4. The molecule has 0 atom stereocenters. The predicted molar refractivity (Wildman–Crippen MR) is 118 cm³/mol. The SMILES string of the molecule is COC(=O)c1cc(CNC(=O)CCc2nc(-c3ccc(C(C)C)cc3)no2)ccc1OC. The quantitative estimate of drug-likeness (QED) is 0.506. The van der Waals surface area contributed by atoms with Crippen molar-refractivity contribution >= 4 is 11.9 Å². The summed E-state index contributed by atoms with van der Waals surface area (Å²) >= 11 is 0. The summed E-state index contributed by atoms with van der Waals surface area (Å²) in [5.74, 6) is 1.11. The fourth-order valence-electron chi connectivity index (χ4n) is 3.13. The number of nitrogens with zero attached hydrogens (tertiary/aromatic N) is 2. The summed E-state index contributed by atoms with van der Waals surface area (Å²) in [6.07, 6.45) is 0.535. The molecular weight excluding hydrogens is 410 g/mol. The first-order valence-electron chi connectivity index (χ1n) is 10.4. The van der Waals surface area contributed by atoms with E-state index in [1.54, 1.807) is 18.2 Å². The average Bonchev–Trinajstić information content (AvgIpc) is 3.29. The van der Waals surface area contributed by atoms with Crippen LogP contribution in [0.5, 0.6) is 5.75 Å². The molecule has 3 aromatic rings. The molecule has 0 saturated heterocycles. The second kappa shape index (κ2) is 10.6. The number of hydrogen-bond donors (Lipinski definition) is 1. The van der Waals surface area contributed by atoms with Crippen LogP contribution in [0.4, 0.5) is 0 Å². The number of hydrogen-bond acceptors (Lipinski definition) is 7. The van der Waals surface area contributed by atoms with Crippen molar-refractivity contribution in [1.29, 1.82) is 0 Å². The monoisotopic (exact) mass is 437 g/mol. The van der Waals surface area contributed by atoms with Gasteiger partial charge in [0.2, 0.25) is 17.6 Å². The van der Waals surface area contributed by atoms with Gasteiger partial charge in [-0.1, -0.05) is 49.3 Å². The summed E-state index contributed by atoms with van der Waals surface area (Å²) in [6.45, 7) is 4.54. The highest BCUT2D eigenvalue weighted by Gasteiger charge is 2.14. The van der Waals surface area contributed by atoms with Crippen LogP contribution in [0.25, 0.3) is 11.4 Å². The zero-order valence-electron chi connectivity index (χ0n) is 18.7. The Kier molecular flexibility index (Phi) is 7.59. The zero-order chi connectivity index (χ0) is 23.1. The van der Waals surface area contributed by atoms with Crippen molar-refractivity contribution < 1.29 is 23.6 Å². The molecule has 0 aliphatic heterocycles. The molecule has 0 saturated carbocycles. The van der Waals surface area contributed by atoms with Crippen LogP contribution in [0.15, 0.2) is 47.0 Å². The molecule has 1 aromatic heterocycles. The molecule has 1 amide bonds. The Hall–Kier alpha value is -3.68. The molecule has 8 nitrogen and oxygen atoms in total. The Morgan fingerprint density at radius 3 is 2.50 bits per heavy atom. The lowest BCUT2D eigenvalue weighted by atomic mass is 10.0. The van der Waals surface area contributed by atoms with Crippen LogP contribution < -0.4 is 10.1 Å². The van der Waals surface area contributed by atoms with Crippen LogP contribution >= 0.6 is 0 Å². The minimum atomic E-state index is -0.499. The molecule has 0 bridgehead atoms. The van der Waals surface area contributed by atoms with Gasteiger partial charge in [-0.15, -0.1) is 0 Å². The zero-order valence-corrected chi connectivity index (χ0v) is 18.7. The van der Waals surface area contributed by atoms with E-state index in [4.69, 9.17) is 14.0 Å². The maximum Gasteiger partial charge on any atom is 0.341 e. The van der Waals surface area contributed by atoms with Gasteiger partial charge < -0.3 is 19.3 Å². The number of esters is 1. The Bertz CT molecular complexity index is 1070. The molecule has 0 unspecified atom stereocenters. The van der Waals surface area contributed by atoms with Gasteiger partial charge in [0.25, 0.3) is 0 Å². The van der Waals surface area contributed by atoms with Gasteiger partial charge in [-0.2, -0.15) is 4.98 Å². The number of ether oxygens (including phenoxy) is 2. The molecule has 32 heavy (non-hydrogen) atoms. The number of carbonyl (C=O) groups excluding carboxylic acids is 2. The van der Waals surface area contributed by atoms with E-state index in [-0.39, 0.29) is 18.9 Å². The third-order valence-corrected chi connectivity index (χ3v) is 5.03. The number of amides is 1. The molecule has 0 aliphatic carbocycles. The number of aryl methyl sites for hydroxylation is 1. The molecule has 3 rings (SSSR count). The Morgan fingerprint density at radius 2 is 1.84 bits per heavy atom. The van der Waals surface area contributed by atoms with E-state index in [0.29, 0.717) is 35.4 Å². The van der Waals surface area contributed by atoms with Crippen LogP contribution in [-0.4, -0.2) is 36.2 Å². The average molecular weight is 437 g/mol. The largest absolute Gasteiger partial charge is 0.496 e. The number of methoxy groups -OCH3 is 2. The summed E-state index contributed by atoms with van der Waals surface area (Å²) in [6, 6.07) is 13.1. The number of rotatable bonds is 9. The van der Waals surface area contributed by atoms with Gasteiger partial charge in [0, 0.05) is 24.9 Å². The van der Waals surface area contributed by atoms with Crippen LogP contribution in [0.3, 0.4) is 0 Å². The Labute approximate surface area is 186 Å². The third-order valence-electron chi connectivity index (χ3n) is 5.03. The molecule has 168 valence electrons. The van der Waals surface area contributed by atoms with Crippen LogP contribution in [0, 0.1) is 0 Å². The fourth-order valence-corrected chi connectivity index (χ4v) is 3.13. The summed E-state index contributed by atoms with van der Waals surface area (Å²) < 4.78 is 15.2. The minimum absolute atomic E-state index is 0.165. The number of nitrogens with one attached hydrogen (secondary N) is 1. The van der Waals surface area contributed by atoms with Crippen molar-refractivity contribution in [2.75, 3.05) is 14.2 Å². The third kappa shape index (κ3) is 5.72. The van der Waals surface area contributed by atoms with Gasteiger partial charge in [-0.05, 0) is 29.2 Å². The standard InChI is InChI=1S/C24H27N3O5/c1-15(2)17-6-8-18(9-7-17)23-26-22(32-27-23)12-11-21(28)25-14-16-5-10-20(30-3)19(13-16)24(29)31-4/h5-10,13,15H,11-12,14H2,1-4H3,(H,25,28). The second-order valence-corrected chi connectivity index (χ2v) is 7.59. The molecule has 8 heteroatoms. The highest BCUT2D eigenvalue weighted by Crippen LogP contribution is 2.22. The molecule has 0 radical (unpaired) electrons. The van der Waals surface area contributed by atoms with E-state index in [1.807, 2.05) is 24.3 Å². The van der Waals surface area contributed by atoms with Crippen molar-refractivity contribution in [3.8, 4) is 17.1 Å². The Morgan fingerprint density at radius 1 is 1.09 bits per heavy atom. The van der Waals surface area contributed by atoms with Crippen LogP contribution in [-0.2, 0) is 22.5 Å². The molecule has 1 heterocycles. The molecule has 1 N–H and O–H groups in total. The smallest absolute Gasteiger partial charge is 0.341 e. The summed E-state index contributed by atoms with van der Waals surface area (Å²) in [7, 11) is 2.78. The maximum absolute atomic E-state index is 12.2. The topological polar surface area (TPSA) is 104 Å². The van der Waals surface area contributed by atoms with E-state index >= 15 is 0 Å². The van der Waals surface area contributed by atoms with Crippen LogP contribution in [0.1, 0.15) is 53.6 Å². The molecule has 2 aromatic carbocycles. The Balaban J connectivity index is 1.53. The first kappa shape index (κ1) is 23.0. The van der Waals surface area contributed by atoms with E-state index < -0.39 is 5.97 Å². The number of benzene rings is 2. The van der Waals surface area contributed by atoms with Gasteiger partial charge in [-0.3, -0.25) is 4.79 Å². The summed E-state index contributed by atoms with van der Waals surface area (Å²) in [5.41, 5.74) is 3.17. The lowest BCUT2D eigenvalue weighted by Crippen LogP contribution is -2.23. The van der Waals surface area contributed by atoms with Crippen molar-refractivity contribution in [2.24, 2.45) is 0 Å². The lowest BCUT2D eigenvalue weighted by Gasteiger charge is -2.10. The number of aromatic nitrogens is 2. The van der Waals surface area contributed by atoms with E-state index in [1.165, 1.54) is 19.8 Å². The minimum Gasteiger partial charge on any atom is -0.496 e. The summed E-state index contributed by atoms with van der Waals surface area (Å²) in [4.78, 5) is 28.5. The maximum atomic E-state index is 12.2. The fraction of sp³-hybridized carbons (Fsp3) is 0.333. The highest BCUT2D eigenvalue weighted by molar-refractivity contribution is 5.92. The lowest BCUT2D eigenvalue weighted by molar-refractivity contribution is -0.121. The highest BCUT2D eigenvalue weighted by atomic mass is 16.5. The first-order valence-corrected chi connectivity index (χ1v) is 10.4. The van der Waals surface area contributed by atoms with Gasteiger partial charge in [-0.25, -0.2) is 4.79 Å². The molecule has 0 spiro atoms. The molecule has 0 fully saturated rings. The van der Waals surface area contributed by atoms with Crippen molar-refractivity contribution in [1.82, 2.24) is 15.5 Å². The van der Waals surface area contributed by atoms with Gasteiger partial charge in [0.05, 0.1) is 14.2 Å². The predicted octanol–water partition coefficient (Wildman–Crippen LogP) is 3.90. The van der Waals surface area contributed by atoms with Gasteiger partial charge in [0.1, 0.15) is 11.3 Å². The van der Waals surface area contributed by atoms with E-state index in [0.717, 1.165) is 11.1 Å². The summed E-state index contributed by atoms with van der Waals surface area (Å²) in [5, 5.41) is 6.83. The van der Waals surface area contributed by atoms with Gasteiger partial charge >= 0.3 is 5.97 Å². The van der Waals surface area contributed by atoms with E-state index in [2.05, 4.69) is 29.3 Å². The normalized spacial score (nSPS) is 10.8. The van der Waals surface area contributed by atoms with Gasteiger partial charge in [0.15, 0.2) is 0 Å². The van der Waals surface area contributed by atoms with Crippen molar-refractivity contribution in [3.63, 3.8) is 0 Å². The van der Waals surface area contributed by atoms with E-state index in [9.17, 15) is 9.59 Å².